The zero-order valence-corrected chi connectivity index (χ0v) is 9.54. The fourth-order valence-corrected chi connectivity index (χ4v) is 2.09. The maximum absolute atomic E-state index is 12.2. The quantitative estimate of drug-likeness (QED) is 0.866. The lowest BCUT2D eigenvalue weighted by atomic mass is 10.3. The van der Waals surface area contributed by atoms with Gasteiger partial charge in [-0.1, -0.05) is 23.2 Å². The lowest BCUT2D eigenvalue weighted by molar-refractivity contribution is -0.0437. The first-order valence-corrected chi connectivity index (χ1v) is 5.81. The molecule has 0 heterocycles. The molecule has 0 aliphatic rings. The van der Waals surface area contributed by atoms with Crippen LogP contribution in [0.1, 0.15) is 0 Å². The molecule has 0 saturated carbocycles. The average Bonchev–Trinajstić information content (AvgIpc) is 2.12. The van der Waals surface area contributed by atoms with Crippen LogP contribution in [0.4, 0.5) is 13.2 Å². The molecular weight excluding hydrogens is 292 g/mol. The van der Waals surface area contributed by atoms with E-state index in [9.17, 15) is 26.7 Å². The van der Waals surface area contributed by atoms with Crippen LogP contribution in [0.15, 0.2) is 17.0 Å². The molecule has 0 fully saturated rings. The smallest absolute Gasteiger partial charge is 0.502 e. The fraction of sp³-hybridized carbons (Fsp3) is 0.143. The average molecular weight is 295 g/mol. The number of hydrogen-bond donors (Lipinski definition) is 1. The van der Waals surface area contributed by atoms with Gasteiger partial charge in [0.2, 0.25) is 0 Å². The summed E-state index contributed by atoms with van der Waals surface area (Å²) >= 11 is 10.7. The van der Waals surface area contributed by atoms with Gasteiger partial charge in [-0.15, -0.1) is 0 Å². The van der Waals surface area contributed by atoms with Gasteiger partial charge >= 0.3 is 5.51 Å². The third kappa shape index (κ3) is 2.07. The first-order chi connectivity index (χ1) is 7.09. The Morgan fingerprint density at radius 2 is 1.69 bits per heavy atom. The van der Waals surface area contributed by atoms with E-state index in [2.05, 4.69) is 0 Å². The monoisotopic (exact) mass is 294 g/mol. The van der Waals surface area contributed by atoms with Gasteiger partial charge in [-0.25, -0.2) is 8.42 Å². The fourth-order valence-electron chi connectivity index (χ4n) is 0.864. The van der Waals surface area contributed by atoms with Crippen molar-refractivity contribution >= 4 is 33.0 Å². The number of benzene rings is 1. The Kier molecular flexibility index (Phi) is 3.33. The van der Waals surface area contributed by atoms with Crippen molar-refractivity contribution in [2.75, 3.05) is 0 Å². The topological polar surface area (TPSA) is 54.4 Å². The third-order valence-electron chi connectivity index (χ3n) is 1.63. The molecule has 1 rings (SSSR count). The SMILES string of the molecule is O=S(=O)(c1ccc(Cl)c(Cl)c1O)C(F)(F)F. The predicted octanol–water partition coefficient (Wildman–Crippen LogP) is 2.99. The second-order valence-corrected chi connectivity index (χ2v) is 5.35. The van der Waals surface area contributed by atoms with Crippen molar-refractivity contribution in [2.45, 2.75) is 10.4 Å². The van der Waals surface area contributed by atoms with E-state index in [0.29, 0.717) is 6.07 Å². The van der Waals surface area contributed by atoms with Crippen LogP contribution in [-0.2, 0) is 9.84 Å². The highest BCUT2D eigenvalue weighted by atomic mass is 35.5. The second kappa shape index (κ2) is 3.97. The number of alkyl halides is 3. The molecule has 90 valence electrons. The number of rotatable bonds is 1. The summed E-state index contributed by atoms with van der Waals surface area (Å²) in [4.78, 5) is -1.32. The molecule has 1 N–H and O–H groups in total. The number of halogens is 5. The van der Waals surface area contributed by atoms with Crippen molar-refractivity contribution in [1.29, 1.82) is 0 Å². The van der Waals surface area contributed by atoms with E-state index in [1.165, 1.54) is 0 Å². The summed E-state index contributed by atoms with van der Waals surface area (Å²) in [6.45, 7) is 0. The molecule has 9 heteroatoms. The molecule has 0 amide bonds. The van der Waals surface area contributed by atoms with Crippen molar-refractivity contribution in [3.63, 3.8) is 0 Å². The van der Waals surface area contributed by atoms with E-state index in [-0.39, 0.29) is 5.02 Å². The highest BCUT2D eigenvalue weighted by Gasteiger charge is 2.48. The molecule has 1 aromatic rings. The largest absolute Gasteiger partial charge is 0.505 e. The van der Waals surface area contributed by atoms with E-state index < -0.39 is 31.0 Å². The molecule has 0 aliphatic heterocycles. The molecule has 0 saturated heterocycles. The van der Waals surface area contributed by atoms with Gasteiger partial charge in [0.1, 0.15) is 9.92 Å². The Hall–Kier alpha value is -0.660. The minimum Gasteiger partial charge on any atom is -0.505 e. The summed E-state index contributed by atoms with van der Waals surface area (Å²) in [5.74, 6) is -1.22. The maximum Gasteiger partial charge on any atom is 0.502 e. The molecule has 0 aliphatic carbocycles. The zero-order chi connectivity index (χ0) is 12.7. The van der Waals surface area contributed by atoms with Crippen molar-refractivity contribution in [2.24, 2.45) is 0 Å². The molecule has 0 aromatic heterocycles. The first-order valence-electron chi connectivity index (χ1n) is 3.57. The predicted molar refractivity (Wildman–Crippen MR) is 51.4 cm³/mol. The lowest BCUT2D eigenvalue weighted by Crippen LogP contribution is -2.23. The van der Waals surface area contributed by atoms with Crippen LogP contribution in [0.25, 0.3) is 0 Å². The van der Waals surface area contributed by atoms with Gasteiger partial charge in [-0.2, -0.15) is 13.2 Å². The highest BCUT2D eigenvalue weighted by molar-refractivity contribution is 7.92. The van der Waals surface area contributed by atoms with E-state index >= 15 is 0 Å². The molecular formula is C7H3Cl2F3O3S. The Balaban J connectivity index is 3.55. The first kappa shape index (κ1) is 13.4. The van der Waals surface area contributed by atoms with E-state index in [4.69, 9.17) is 23.2 Å². The van der Waals surface area contributed by atoms with Gasteiger partial charge < -0.3 is 5.11 Å². The normalized spacial score (nSPS) is 12.8. The second-order valence-electron chi connectivity index (χ2n) is 2.66. The van der Waals surface area contributed by atoms with E-state index in [1.807, 2.05) is 0 Å². The molecule has 0 radical (unpaired) electrons. The van der Waals surface area contributed by atoms with Crippen molar-refractivity contribution in [1.82, 2.24) is 0 Å². The Labute approximate surface area is 98.3 Å². The van der Waals surface area contributed by atoms with Gasteiger partial charge in [-0.05, 0) is 12.1 Å². The summed E-state index contributed by atoms with van der Waals surface area (Å²) in [5, 5.41) is 8.29. The van der Waals surface area contributed by atoms with Gasteiger partial charge in [-0.3, -0.25) is 0 Å². The molecule has 0 unspecified atom stereocenters. The zero-order valence-electron chi connectivity index (χ0n) is 7.22. The highest BCUT2D eigenvalue weighted by Crippen LogP contribution is 2.41. The summed E-state index contributed by atoms with van der Waals surface area (Å²) in [6, 6.07) is 1.38. The Morgan fingerprint density at radius 3 is 2.12 bits per heavy atom. The van der Waals surface area contributed by atoms with Gasteiger partial charge in [0.05, 0.1) is 5.02 Å². The third-order valence-corrected chi connectivity index (χ3v) is 3.94. The molecule has 1 aromatic carbocycles. The standard InChI is InChI=1S/C7H3Cl2F3O3S/c8-3-1-2-4(6(13)5(3)9)16(14,15)7(10,11)12/h1-2,13H. The van der Waals surface area contributed by atoms with Crippen LogP contribution in [-0.4, -0.2) is 19.0 Å². The maximum atomic E-state index is 12.2. The van der Waals surface area contributed by atoms with Crippen molar-refractivity contribution in [3.8, 4) is 5.75 Å². The van der Waals surface area contributed by atoms with Crippen molar-refractivity contribution < 1.29 is 26.7 Å². The summed E-state index contributed by atoms with van der Waals surface area (Å²) in [5.41, 5.74) is -5.51. The minimum absolute atomic E-state index is 0.250. The van der Waals surface area contributed by atoms with Crippen LogP contribution in [0.2, 0.25) is 10.0 Å². The molecule has 3 nitrogen and oxygen atoms in total. The number of hydrogen-bond acceptors (Lipinski definition) is 3. The van der Waals surface area contributed by atoms with Crippen LogP contribution in [0, 0.1) is 0 Å². The number of phenolic OH excluding ortho intramolecular Hbond substituents is 1. The number of aromatic hydroxyl groups is 1. The minimum atomic E-state index is -5.64. The Morgan fingerprint density at radius 1 is 1.19 bits per heavy atom. The number of sulfone groups is 1. The molecule has 0 bridgehead atoms. The van der Waals surface area contributed by atoms with Crippen LogP contribution in [0.5, 0.6) is 5.75 Å². The van der Waals surface area contributed by atoms with Crippen molar-refractivity contribution in [3.05, 3.63) is 22.2 Å². The molecule has 16 heavy (non-hydrogen) atoms. The molecule has 0 atom stereocenters. The Bertz CT molecular complexity index is 524. The van der Waals surface area contributed by atoms with Crippen LogP contribution < -0.4 is 0 Å². The van der Waals surface area contributed by atoms with Crippen LogP contribution in [0.3, 0.4) is 0 Å². The van der Waals surface area contributed by atoms with Crippen LogP contribution >= 0.6 is 23.2 Å². The van der Waals surface area contributed by atoms with Gasteiger partial charge in [0, 0.05) is 0 Å². The van der Waals surface area contributed by atoms with Gasteiger partial charge in [0.15, 0.2) is 5.75 Å². The van der Waals surface area contributed by atoms with Gasteiger partial charge in [0.25, 0.3) is 9.84 Å². The lowest BCUT2D eigenvalue weighted by Gasteiger charge is -2.10. The summed E-state index contributed by atoms with van der Waals surface area (Å²) < 4.78 is 58.4. The number of phenols is 1. The van der Waals surface area contributed by atoms with E-state index in [1.54, 1.807) is 0 Å². The van der Waals surface area contributed by atoms with E-state index in [0.717, 1.165) is 6.07 Å². The summed E-state index contributed by atoms with van der Waals surface area (Å²) in [6.07, 6.45) is 0. The summed E-state index contributed by atoms with van der Waals surface area (Å²) in [7, 11) is -5.64. The molecule has 0 spiro atoms.